The van der Waals surface area contributed by atoms with Gasteiger partial charge in [-0.2, -0.15) is 0 Å². The molecule has 0 aromatic heterocycles. The maximum atomic E-state index is 12.5. The second-order valence-electron chi connectivity index (χ2n) is 5.99. The Labute approximate surface area is 155 Å². The predicted molar refractivity (Wildman–Crippen MR) is 104 cm³/mol. The average Bonchev–Trinajstić information content (AvgIpc) is 2.62. The van der Waals surface area contributed by atoms with E-state index in [1.807, 2.05) is 42.3 Å². The summed E-state index contributed by atoms with van der Waals surface area (Å²) in [6, 6.07) is 14.5. The summed E-state index contributed by atoms with van der Waals surface area (Å²) in [6.07, 6.45) is 0. The van der Waals surface area contributed by atoms with E-state index in [4.69, 9.17) is 0 Å². The SMILES string of the molecule is CCNS(=O)(=O)c1ccc(C)c(C(=O)NCCN(C)c2ccccc2)c1. The van der Waals surface area contributed by atoms with Crippen LogP contribution in [0.1, 0.15) is 22.8 Å². The summed E-state index contributed by atoms with van der Waals surface area (Å²) in [5, 5.41) is 2.86. The summed E-state index contributed by atoms with van der Waals surface area (Å²) in [5.74, 6) is -0.280. The molecule has 2 aromatic carbocycles. The first-order chi connectivity index (χ1) is 12.3. The van der Waals surface area contributed by atoms with Gasteiger partial charge in [-0.1, -0.05) is 31.2 Å². The van der Waals surface area contributed by atoms with Gasteiger partial charge in [-0.3, -0.25) is 4.79 Å². The zero-order valence-electron chi connectivity index (χ0n) is 15.3. The molecule has 0 aliphatic rings. The van der Waals surface area contributed by atoms with Crippen molar-refractivity contribution in [3.8, 4) is 0 Å². The zero-order chi connectivity index (χ0) is 19.2. The third-order valence-corrected chi connectivity index (χ3v) is 5.57. The molecule has 0 atom stereocenters. The molecule has 0 bridgehead atoms. The van der Waals surface area contributed by atoms with Crippen molar-refractivity contribution in [2.45, 2.75) is 18.7 Å². The Balaban J connectivity index is 2.03. The van der Waals surface area contributed by atoms with Crippen LogP contribution >= 0.6 is 0 Å². The van der Waals surface area contributed by atoms with Gasteiger partial charge in [-0.05, 0) is 36.8 Å². The molecule has 2 rings (SSSR count). The number of hydrogen-bond acceptors (Lipinski definition) is 4. The van der Waals surface area contributed by atoms with E-state index in [-0.39, 0.29) is 10.8 Å². The highest BCUT2D eigenvalue weighted by atomic mass is 32.2. The molecule has 0 radical (unpaired) electrons. The topological polar surface area (TPSA) is 78.5 Å². The smallest absolute Gasteiger partial charge is 0.251 e. The molecular weight excluding hydrogens is 350 g/mol. The Bertz CT molecular complexity index is 852. The van der Waals surface area contributed by atoms with Gasteiger partial charge >= 0.3 is 0 Å². The number of hydrogen-bond donors (Lipinski definition) is 2. The molecule has 7 heteroatoms. The fraction of sp³-hybridized carbons (Fsp3) is 0.316. The van der Waals surface area contributed by atoms with Crippen molar-refractivity contribution in [2.75, 3.05) is 31.6 Å². The number of para-hydroxylation sites is 1. The number of likely N-dealkylation sites (N-methyl/N-ethyl adjacent to an activating group) is 1. The Kier molecular flexibility index (Phi) is 6.76. The number of aryl methyl sites for hydroxylation is 1. The second-order valence-corrected chi connectivity index (χ2v) is 7.76. The number of anilines is 1. The van der Waals surface area contributed by atoms with Crippen LogP contribution in [0.2, 0.25) is 0 Å². The van der Waals surface area contributed by atoms with E-state index in [0.29, 0.717) is 25.2 Å². The van der Waals surface area contributed by atoms with Crippen molar-refractivity contribution in [3.63, 3.8) is 0 Å². The van der Waals surface area contributed by atoms with Gasteiger partial charge in [0.2, 0.25) is 10.0 Å². The minimum Gasteiger partial charge on any atom is -0.373 e. The first kappa shape index (κ1) is 19.9. The molecule has 6 nitrogen and oxygen atoms in total. The highest BCUT2D eigenvalue weighted by Gasteiger charge is 2.17. The number of carbonyl (C=O) groups is 1. The van der Waals surface area contributed by atoms with Gasteiger partial charge in [-0.25, -0.2) is 13.1 Å². The van der Waals surface area contributed by atoms with Gasteiger partial charge in [0, 0.05) is 37.9 Å². The van der Waals surface area contributed by atoms with Crippen LogP contribution in [0.15, 0.2) is 53.4 Å². The molecule has 2 aromatic rings. The molecule has 0 fully saturated rings. The number of sulfonamides is 1. The summed E-state index contributed by atoms with van der Waals surface area (Å²) in [6.45, 7) is 4.89. The lowest BCUT2D eigenvalue weighted by atomic mass is 10.1. The van der Waals surface area contributed by atoms with Gasteiger partial charge in [0.05, 0.1) is 4.90 Å². The van der Waals surface area contributed by atoms with Crippen molar-refractivity contribution < 1.29 is 13.2 Å². The summed E-state index contributed by atoms with van der Waals surface area (Å²) < 4.78 is 26.7. The Morgan fingerprint density at radius 1 is 1.12 bits per heavy atom. The number of benzene rings is 2. The summed E-state index contributed by atoms with van der Waals surface area (Å²) in [7, 11) is -1.64. The van der Waals surface area contributed by atoms with E-state index in [1.54, 1.807) is 19.9 Å². The van der Waals surface area contributed by atoms with Crippen molar-refractivity contribution in [1.29, 1.82) is 0 Å². The Hall–Kier alpha value is -2.38. The number of amides is 1. The minimum absolute atomic E-state index is 0.0940. The predicted octanol–water partition coefficient (Wildman–Crippen LogP) is 2.16. The van der Waals surface area contributed by atoms with Crippen molar-refractivity contribution in [2.24, 2.45) is 0 Å². The van der Waals surface area contributed by atoms with E-state index in [0.717, 1.165) is 11.3 Å². The quantitative estimate of drug-likeness (QED) is 0.741. The fourth-order valence-corrected chi connectivity index (χ4v) is 3.60. The molecule has 0 aliphatic heterocycles. The Morgan fingerprint density at radius 2 is 1.81 bits per heavy atom. The lowest BCUT2D eigenvalue weighted by Crippen LogP contribution is -2.33. The van der Waals surface area contributed by atoms with E-state index >= 15 is 0 Å². The number of nitrogens with zero attached hydrogens (tertiary/aromatic N) is 1. The Morgan fingerprint density at radius 3 is 2.46 bits per heavy atom. The number of carbonyl (C=O) groups excluding carboxylic acids is 1. The summed E-state index contributed by atoms with van der Waals surface area (Å²) in [4.78, 5) is 14.6. The van der Waals surface area contributed by atoms with Gasteiger partial charge in [-0.15, -0.1) is 0 Å². The maximum Gasteiger partial charge on any atom is 0.251 e. The molecule has 0 saturated heterocycles. The lowest BCUT2D eigenvalue weighted by molar-refractivity contribution is 0.0954. The standard InChI is InChI=1S/C19H25N3O3S/c1-4-21-26(24,25)17-11-10-15(2)18(14-17)19(23)20-12-13-22(3)16-8-6-5-7-9-16/h5-11,14,21H,4,12-13H2,1-3H3,(H,20,23). The third kappa shape index (κ3) is 5.06. The van der Waals surface area contributed by atoms with Crippen LogP contribution in [-0.4, -0.2) is 41.0 Å². The molecule has 26 heavy (non-hydrogen) atoms. The van der Waals surface area contributed by atoms with Crippen LogP contribution in [0, 0.1) is 6.92 Å². The normalized spacial score (nSPS) is 11.2. The van der Waals surface area contributed by atoms with E-state index in [2.05, 4.69) is 10.0 Å². The van der Waals surface area contributed by atoms with Crippen molar-refractivity contribution >= 4 is 21.6 Å². The van der Waals surface area contributed by atoms with E-state index in [9.17, 15) is 13.2 Å². The first-order valence-electron chi connectivity index (χ1n) is 8.50. The fourth-order valence-electron chi connectivity index (χ4n) is 2.53. The maximum absolute atomic E-state index is 12.5. The summed E-state index contributed by atoms with van der Waals surface area (Å²) >= 11 is 0. The molecule has 0 saturated carbocycles. The zero-order valence-corrected chi connectivity index (χ0v) is 16.1. The van der Waals surface area contributed by atoms with Gasteiger partial charge in [0.15, 0.2) is 0 Å². The minimum atomic E-state index is -3.59. The average molecular weight is 375 g/mol. The van der Waals surface area contributed by atoms with E-state index < -0.39 is 10.0 Å². The molecule has 2 N–H and O–H groups in total. The largest absolute Gasteiger partial charge is 0.373 e. The number of rotatable bonds is 8. The van der Waals surface area contributed by atoms with Crippen LogP contribution in [0.3, 0.4) is 0 Å². The number of nitrogens with one attached hydrogen (secondary N) is 2. The van der Waals surface area contributed by atoms with Crippen LogP contribution < -0.4 is 14.9 Å². The van der Waals surface area contributed by atoms with Crippen LogP contribution in [-0.2, 0) is 10.0 Å². The third-order valence-electron chi connectivity index (χ3n) is 4.03. The van der Waals surface area contributed by atoms with Crippen molar-refractivity contribution in [3.05, 3.63) is 59.7 Å². The van der Waals surface area contributed by atoms with Crippen LogP contribution in [0.5, 0.6) is 0 Å². The van der Waals surface area contributed by atoms with E-state index in [1.165, 1.54) is 12.1 Å². The van der Waals surface area contributed by atoms with Crippen LogP contribution in [0.25, 0.3) is 0 Å². The van der Waals surface area contributed by atoms with Crippen molar-refractivity contribution in [1.82, 2.24) is 10.0 Å². The highest BCUT2D eigenvalue weighted by molar-refractivity contribution is 7.89. The van der Waals surface area contributed by atoms with Gasteiger partial charge in [0.25, 0.3) is 5.91 Å². The van der Waals surface area contributed by atoms with Gasteiger partial charge in [0.1, 0.15) is 0 Å². The molecule has 140 valence electrons. The lowest BCUT2D eigenvalue weighted by Gasteiger charge is -2.19. The monoisotopic (exact) mass is 375 g/mol. The van der Waals surface area contributed by atoms with Gasteiger partial charge < -0.3 is 10.2 Å². The molecule has 1 amide bonds. The molecule has 0 unspecified atom stereocenters. The highest BCUT2D eigenvalue weighted by Crippen LogP contribution is 2.16. The summed E-state index contributed by atoms with van der Waals surface area (Å²) in [5.41, 5.74) is 2.16. The molecule has 0 aliphatic carbocycles. The first-order valence-corrected chi connectivity index (χ1v) is 9.98. The molecular formula is C19H25N3O3S. The molecule has 0 heterocycles. The van der Waals surface area contributed by atoms with Crippen LogP contribution in [0.4, 0.5) is 5.69 Å². The second kappa shape index (κ2) is 8.82. The molecule has 0 spiro atoms.